The lowest BCUT2D eigenvalue weighted by Gasteiger charge is -2.31. The fourth-order valence-corrected chi connectivity index (χ4v) is 4.82. The summed E-state index contributed by atoms with van der Waals surface area (Å²) in [6.45, 7) is 7.11. The first-order chi connectivity index (χ1) is 16.6. The van der Waals surface area contributed by atoms with Gasteiger partial charge in [-0.05, 0) is 31.0 Å². The van der Waals surface area contributed by atoms with Crippen molar-refractivity contribution < 1.29 is 27.3 Å². The molecule has 3 amide bonds. The molecule has 1 aromatic heterocycles. The van der Waals surface area contributed by atoms with Crippen LogP contribution in [0.15, 0.2) is 27.6 Å². The zero-order valence-corrected chi connectivity index (χ0v) is 22.3. The first-order valence-corrected chi connectivity index (χ1v) is 13.6. The van der Waals surface area contributed by atoms with E-state index in [-0.39, 0.29) is 27.5 Å². The topological polar surface area (TPSA) is 166 Å². The highest BCUT2D eigenvalue weighted by Gasteiger charge is 2.41. The Bertz CT molecular complexity index is 1290. The van der Waals surface area contributed by atoms with E-state index in [0.29, 0.717) is 24.9 Å². The van der Waals surface area contributed by atoms with E-state index in [1.165, 1.54) is 23.1 Å². The summed E-state index contributed by atoms with van der Waals surface area (Å²) in [6.07, 6.45) is 2.13. The van der Waals surface area contributed by atoms with Crippen molar-refractivity contribution >= 4 is 39.2 Å². The van der Waals surface area contributed by atoms with Crippen molar-refractivity contribution in [3.8, 4) is 11.4 Å². The normalized spacial score (nSPS) is 18.1. The first kappa shape index (κ1) is 27.6. The molecule has 196 valence electrons. The van der Waals surface area contributed by atoms with Crippen molar-refractivity contribution in [3.63, 3.8) is 0 Å². The molecule has 11 nitrogen and oxygen atoms in total. The minimum absolute atomic E-state index is 0.0403. The van der Waals surface area contributed by atoms with Crippen LogP contribution in [0.1, 0.15) is 52.3 Å². The molecule has 36 heavy (non-hydrogen) atoms. The van der Waals surface area contributed by atoms with Gasteiger partial charge in [-0.2, -0.15) is 4.98 Å². The third-order valence-electron chi connectivity index (χ3n) is 6.04. The number of nitrogens with one attached hydrogen (secondary N) is 1. The van der Waals surface area contributed by atoms with E-state index >= 15 is 0 Å². The molecule has 0 bridgehead atoms. The van der Waals surface area contributed by atoms with Crippen LogP contribution < -0.4 is 11.1 Å². The number of sulfone groups is 1. The van der Waals surface area contributed by atoms with Crippen LogP contribution in [0.5, 0.6) is 0 Å². The number of carbonyl (C=O) groups is 3. The van der Waals surface area contributed by atoms with Gasteiger partial charge in [0, 0.05) is 23.8 Å². The Morgan fingerprint density at radius 2 is 1.94 bits per heavy atom. The van der Waals surface area contributed by atoms with Crippen LogP contribution in [0, 0.1) is 5.41 Å². The predicted molar refractivity (Wildman–Crippen MR) is 132 cm³/mol. The van der Waals surface area contributed by atoms with Crippen LogP contribution in [-0.2, 0) is 24.2 Å². The predicted octanol–water partition coefficient (Wildman–Crippen LogP) is 1.90. The molecule has 1 fully saturated rings. The molecule has 1 aromatic carbocycles. The molecule has 1 aliphatic heterocycles. The number of carbonyl (C=O) groups excluding carboxylic acids is 3. The Labute approximate surface area is 214 Å². The molecule has 0 unspecified atom stereocenters. The van der Waals surface area contributed by atoms with Crippen LogP contribution in [0.4, 0.5) is 0 Å². The molecule has 1 saturated heterocycles. The molecule has 3 N–H and O–H groups in total. The van der Waals surface area contributed by atoms with Crippen molar-refractivity contribution in [2.75, 3.05) is 12.8 Å². The summed E-state index contributed by atoms with van der Waals surface area (Å²) in [7, 11) is -3.46. The van der Waals surface area contributed by atoms with Gasteiger partial charge in [-0.25, -0.2) is 8.42 Å². The van der Waals surface area contributed by atoms with Crippen molar-refractivity contribution in [1.82, 2.24) is 20.4 Å². The fraction of sp³-hybridized carbons (Fsp3) is 0.522. The van der Waals surface area contributed by atoms with Gasteiger partial charge in [-0.1, -0.05) is 44.5 Å². The zero-order chi connectivity index (χ0) is 27.0. The minimum Gasteiger partial charge on any atom is -0.368 e. The van der Waals surface area contributed by atoms with Gasteiger partial charge in [0.25, 0.3) is 0 Å². The summed E-state index contributed by atoms with van der Waals surface area (Å²) in [5.74, 6) is -2.09. The highest BCUT2D eigenvalue weighted by Crippen LogP contribution is 2.31. The fourth-order valence-electron chi connectivity index (χ4n) is 3.84. The quantitative estimate of drug-likeness (QED) is 0.538. The van der Waals surface area contributed by atoms with Gasteiger partial charge >= 0.3 is 0 Å². The third kappa shape index (κ3) is 5.86. The largest absolute Gasteiger partial charge is 0.368 e. The van der Waals surface area contributed by atoms with E-state index in [2.05, 4.69) is 15.5 Å². The van der Waals surface area contributed by atoms with E-state index in [4.69, 9.17) is 21.9 Å². The maximum atomic E-state index is 13.5. The summed E-state index contributed by atoms with van der Waals surface area (Å²) >= 11 is 6.27. The Morgan fingerprint density at radius 3 is 2.50 bits per heavy atom. The van der Waals surface area contributed by atoms with Crippen molar-refractivity contribution in [2.45, 2.75) is 63.4 Å². The molecule has 1 aliphatic rings. The Hall–Kier alpha value is -2.99. The number of aromatic nitrogens is 2. The smallest absolute Gasteiger partial charge is 0.246 e. The standard InChI is InChI=1S/C23H30ClN5O6S/c1-12(20-27-19(28-35-20)14-9-8-13(11-15(14)24)36(5,33)34)17(26-22(32)23(2,3)4)21(31)29-10-6-7-16(29)18(25)30/h8-9,11-12,16-17H,6-7,10H2,1-5H3,(H2,25,30)(H,26,32)/t12-,16-,17-/m0/s1. The molecule has 0 spiro atoms. The summed E-state index contributed by atoms with van der Waals surface area (Å²) in [4.78, 5) is 44.0. The molecule has 3 rings (SSSR count). The van der Waals surface area contributed by atoms with Crippen molar-refractivity contribution in [1.29, 1.82) is 0 Å². The van der Waals surface area contributed by atoms with Gasteiger partial charge in [-0.3, -0.25) is 14.4 Å². The number of rotatable bonds is 7. The van der Waals surface area contributed by atoms with Crippen LogP contribution in [0.2, 0.25) is 5.02 Å². The molecule has 2 heterocycles. The molecule has 2 aromatic rings. The molecule has 0 radical (unpaired) electrons. The number of primary amides is 1. The number of nitrogens with zero attached hydrogens (tertiary/aromatic N) is 3. The van der Waals surface area contributed by atoms with E-state index in [0.717, 1.165) is 6.26 Å². The monoisotopic (exact) mass is 539 g/mol. The highest BCUT2D eigenvalue weighted by atomic mass is 35.5. The number of hydrogen-bond donors (Lipinski definition) is 2. The van der Waals surface area contributed by atoms with Crippen molar-refractivity contribution in [2.24, 2.45) is 11.1 Å². The minimum atomic E-state index is -3.46. The molecule has 3 atom stereocenters. The van der Waals surface area contributed by atoms with Gasteiger partial charge in [0.1, 0.15) is 12.1 Å². The third-order valence-corrected chi connectivity index (χ3v) is 7.46. The number of amides is 3. The lowest BCUT2D eigenvalue weighted by Crippen LogP contribution is -2.56. The maximum absolute atomic E-state index is 13.5. The Kier molecular flexibility index (Phi) is 7.80. The van der Waals surface area contributed by atoms with E-state index < -0.39 is 45.1 Å². The number of benzene rings is 1. The van der Waals surface area contributed by atoms with E-state index in [1.807, 2.05) is 0 Å². The second kappa shape index (κ2) is 10.2. The number of hydrogen-bond acceptors (Lipinski definition) is 8. The number of nitrogens with two attached hydrogens (primary N) is 1. The molecule has 0 saturated carbocycles. The highest BCUT2D eigenvalue weighted by molar-refractivity contribution is 7.90. The van der Waals surface area contributed by atoms with Crippen LogP contribution in [0.25, 0.3) is 11.4 Å². The molecular weight excluding hydrogens is 510 g/mol. The summed E-state index contributed by atoms with van der Waals surface area (Å²) in [5, 5.41) is 6.82. The van der Waals surface area contributed by atoms with Gasteiger partial charge in [-0.15, -0.1) is 0 Å². The van der Waals surface area contributed by atoms with Gasteiger partial charge in [0.15, 0.2) is 9.84 Å². The number of likely N-dealkylation sites (tertiary alicyclic amines) is 1. The van der Waals surface area contributed by atoms with Crippen LogP contribution >= 0.6 is 11.6 Å². The summed E-state index contributed by atoms with van der Waals surface area (Å²) in [6, 6.07) is 2.27. The second-order valence-corrected chi connectivity index (χ2v) is 12.4. The van der Waals surface area contributed by atoms with Gasteiger partial charge < -0.3 is 20.5 Å². The average molecular weight is 540 g/mol. The summed E-state index contributed by atoms with van der Waals surface area (Å²) in [5.41, 5.74) is 5.04. The van der Waals surface area contributed by atoms with Crippen molar-refractivity contribution in [3.05, 3.63) is 29.1 Å². The van der Waals surface area contributed by atoms with Crippen LogP contribution in [-0.4, -0.2) is 66.1 Å². The first-order valence-electron chi connectivity index (χ1n) is 11.4. The van der Waals surface area contributed by atoms with E-state index in [1.54, 1.807) is 27.7 Å². The Balaban J connectivity index is 1.94. The number of halogens is 1. The molecular formula is C23H30ClN5O6S. The van der Waals surface area contributed by atoms with Crippen LogP contribution in [0.3, 0.4) is 0 Å². The average Bonchev–Trinajstić information content (AvgIpc) is 3.45. The second-order valence-electron chi connectivity index (χ2n) is 9.95. The summed E-state index contributed by atoms with van der Waals surface area (Å²) < 4.78 is 29.0. The zero-order valence-electron chi connectivity index (χ0n) is 20.7. The maximum Gasteiger partial charge on any atom is 0.246 e. The molecule has 13 heteroatoms. The Morgan fingerprint density at radius 1 is 1.28 bits per heavy atom. The van der Waals surface area contributed by atoms with E-state index in [9.17, 15) is 22.8 Å². The van der Waals surface area contributed by atoms with Gasteiger partial charge in [0.2, 0.25) is 29.4 Å². The lowest BCUT2D eigenvalue weighted by atomic mass is 9.93. The molecule has 0 aliphatic carbocycles. The SMILES string of the molecule is C[C@H](c1nc(-c2ccc(S(C)(=O)=O)cc2Cl)no1)[C@H](NC(=O)C(C)(C)C)C(=O)N1CCC[C@H]1C(N)=O. The van der Waals surface area contributed by atoms with Gasteiger partial charge in [0.05, 0.1) is 15.8 Å². The lowest BCUT2D eigenvalue weighted by molar-refractivity contribution is -0.142.